The fourth-order valence-corrected chi connectivity index (χ4v) is 2.40. The normalized spacial score (nSPS) is 21.2. The first kappa shape index (κ1) is 14.7. The van der Waals surface area contributed by atoms with Gasteiger partial charge in [0.2, 0.25) is 5.91 Å². The first-order chi connectivity index (χ1) is 9.58. The van der Waals surface area contributed by atoms with Crippen LogP contribution in [0.1, 0.15) is 37.9 Å². The van der Waals surface area contributed by atoms with Gasteiger partial charge in [0.15, 0.2) is 0 Å². The predicted molar refractivity (Wildman–Crippen MR) is 75.4 cm³/mol. The highest BCUT2D eigenvalue weighted by Gasteiger charge is 2.23. The van der Waals surface area contributed by atoms with E-state index in [0.29, 0.717) is 5.56 Å². The minimum atomic E-state index is -0.835. The fourth-order valence-electron chi connectivity index (χ4n) is 2.40. The van der Waals surface area contributed by atoms with E-state index in [9.17, 15) is 14.3 Å². The molecule has 0 aliphatic heterocycles. The summed E-state index contributed by atoms with van der Waals surface area (Å²) in [7, 11) is 0. The van der Waals surface area contributed by atoms with Crippen LogP contribution in [0, 0.1) is 11.7 Å². The van der Waals surface area contributed by atoms with Crippen LogP contribution in [0.3, 0.4) is 0 Å². The average Bonchev–Trinajstić information content (AvgIpc) is 2.48. The van der Waals surface area contributed by atoms with Crippen molar-refractivity contribution < 1.29 is 14.3 Å². The van der Waals surface area contributed by atoms with Gasteiger partial charge in [-0.3, -0.25) is 4.79 Å². The molecule has 1 aromatic rings. The lowest BCUT2D eigenvalue weighted by Gasteiger charge is -2.24. The number of amides is 1. The molecule has 0 fully saturated rings. The summed E-state index contributed by atoms with van der Waals surface area (Å²) in [6, 6.07) is 5.27. The van der Waals surface area contributed by atoms with Gasteiger partial charge in [0.05, 0.1) is 12.1 Å². The highest BCUT2D eigenvalue weighted by atomic mass is 19.1. The molecule has 0 heterocycles. The maximum absolute atomic E-state index is 12.8. The zero-order valence-corrected chi connectivity index (χ0v) is 11.6. The predicted octanol–water partition coefficient (Wildman–Crippen LogP) is 2.72. The van der Waals surface area contributed by atoms with Crippen molar-refractivity contribution in [3.05, 3.63) is 47.8 Å². The molecule has 3 nitrogen and oxygen atoms in total. The topological polar surface area (TPSA) is 49.3 Å². The second-order valence-electron chi connectivity index (χ2n) is 5.28. The second-order valence-corrected chi connectivity index (χ2v) is 5.28. The Bertz CT molecular complexity index is 484. The van der Waals surface area contributed by atoms with Crippen molar-refractivity contribution in [2.75, 3.05) is 0 Å². The number of benzene rings is 1. The quantitative estimate of drug-likeness (QED) is 0.831. The Kier molecular flexibility index (Phi) is 4.90. The third-order valence-corrected chi connectivity index (χ3v) is 3.69. The van der Waals surface area contributed by atoms with Crippen molar-refractivity contribution >= 4 is 5.91 Å². The number of hydrogen-bond donors (Lipinski definition) is 2. The van der Waals surface area contributed by atoms with E-state index in [1.807, 2.05) is 6.08 Å². The molecule has 3 atom stereocenters. The van der Waals surface area contributed by atoms with Gasteiger partial charge in [0.1, 0.15) is 5.82 Å². The number of rotatable bonds is 4. The van der Waals surface area contributed by atoms with Crippen molar-refractivity contribution in [1.29, 1.82) is 0 Å². The number of carbonyl (C=O) groups is 1. The lowest BCUT2D eigenvalue weighted by Crippen LogP contribution is -2.40. The van der Waals surface area contributed by atoms with E-state index in [1.54, 1.807) is 6.92 Å². The molecule has 0 saturated heterocycles. The van der Waals surface area contributed by atoms with Gasteiger partial charge < -0.3 is 10.4 Å². The monoisotopic (exact) mass is 277 g/mol. The van der Waals surface area contributed by atoms with E-state index in [4.69, 9.17) is 0 Å². The molecule has 1 aliphatic rings. The van der Waals surface area contributed by atoms with E-state index in [0.717, 1.165) is 19.3 Å². The standard InChI is InChI=1S/C16H20FNO2/c1-11(15(19)12-7-9-14(17)10-8-12)18-16(20)13-5-3-2-4-6-13/h2-3,7-11,13,15,19H,4-6H2,1H3,(H,18,20). The highest BCUT2D eigenvalue weighted by molar-refractivity contribution is 5.79. The fraction of sp³-hybridized carbons (Fsp3) is 0.438. The molecule has 1 aromatic carbocycles. The molecule has 2 N–H and O–H groups in total. The average molecular weight is 277 g/mol. The van der Waals surface area contributed by atoms with E-state index in [1.165, 1.54) is 24.3 Å². The summed E-state index contributed by atoms with van der Waals surface area (Å²) < 4.78 is 12.8. The zero-order chi connectivity index (χ0) is 14.5. The molecule has 0 spiro atoms. The van der Waals surface area contributed by atoms with Gasteiger partial charge in [-0.25, -0.2) is 4.39 Å². The lowest BCUT2D eigenvalue weighted by atomic mass is 9.93. The van der Waals surface area contributed by atoms with E-state index in [-0.39, 0.29) is 17.6 Å². The van der Waals surface area contributed by atoms with Gasteiger partial charge in [0, 0.05) is 5.92 Å². The van der Waals surface area contributed by atoms with Crippen LogP contribution in [0.5, 0.6) is 0 Å². The van der Waals surface area contributed by atoms with Crippen LogP contribution in [0.25, 0.3) is 0 Å². The summed E-state index contributed by atoms with van der Waals surface area (Å²) >= 11 is 0. The number of halogens is 1. The van der Waals surface area contributed by atoms with Gasteiger partial charge in [-0.2, -0.15) is 0 Å². The van der Waals surface area contributed by atoms with Gasteiger partial charge in [-0.15, -0.1) is 0 Å². The number of aliphatic hydroxyl groups is 1. The molecule has 20 heavy (non-hydrogen) atoms. The lowest BCUT2D eigenvalue weighted by molar-refractivity contribution is -0.126. The van der Waals surface area contributed by atoms with Crippen molar-refractivity contribution in [2.24, 2.45) is 5.92 Å². The molecule has 2 rings (SSSR count). The van der Waals surface area contributed by atoms with Crippen molar-refractivity contribution in [3.8, 4) is 0 Å². The van der Waals surface area contributed by atoms with Gasteiger partial charge in [-0.1, -0.05) is 24.3 Å². The molecule has 1 amide bonds. The van der Waals surface area contributed by atoms with Crippen LogP contribution in [0.2, 0.25) is 0 Å². The Morgan fingerprint density at radius 3 is 2.65 bits per heavy atom. The molecule has 0 bridgehead atoms. The summed E-state index contributed by atoms with van der Waals surface area (Å²) in [5.41, 5.74) is 0.600. The Labute approximate surface area is 118 Å². The zero-order valence-electron chi connectivity index (χ0n) is 11.6. The summed E-state index contributed by atoms with van der Waals surface area (Å²) in [4.78, 5) is 12.1. The maximum Gasteiger partial charge on any atom is 0.223 e. The number of aliphatic hydroxyl groups excluding tert-OH is 1. The van der Waals surface area contributed by atoms with Crippen molar-refractivity contribution in [1.82, 2.24) is 5.32 Å². The molecule has 108 valence electrons. The smallest absolute Gasteiger partial charge is 0.223 e. The van der Waals surface area contributed by atoms with Gasteiger partial charge >= 0.3 is 0 Å². The minimum Gasteiger partial charge on any atom is -0.386 e. The molecule has 3 unspecified atom stereocenters. The Hall–Kier alpha value is -1.68. The Morgan fingerprint density at radius 2 is 2.05 bits per heavy atom. The van der Waals surface area contributed by atoms with E-state index in [2.05, 4.69) is 11.4 Å². The largest absolute Gasteiger partial charge is 0.386 e. The number of allylic oxidation sites excluding steroid dienone is 2. The third kappa shape index (κ3) is 3.67. The molecular weight excluding hydrogens is 257 g/mol. The van der Waals surface area contributed by atoms with Crippen molar-refractivity contribution in [2.45, 2.75) is 38.3 Å². The molecule has 1 aliphatic carbocycles. The van der Waals surface area contributed by atoms with E-state index >= 15 is 0 Å². The third-order valence-electron chi connectivity index (χ3n) is 3.69. The highest BCUT2D eigenvalue weighted by Crippen LogP contribution is 2.21. The van der Waals surface area contributed by atoms with Crippen LogP contribution in [-0.2, 0) is 4.79 Å². The second kappa shape index (κ2) is 6.66. The number of hydrogen-bond acceptors (Lipinski definition) is 2. The maximum atomic E-state index is 12.8. The van der Waals surface area contributed by atoms with Crippen molar-refractivity contribution in [3.63, 3.8) is 0 Å². The van der Waals surface area contributed by atoms with Crippen LogP contribution in [0.4, 0.5) is 4.39 Å². The molecule has 0 saturated carbocycles. The Balaban J connectivity index is 1.93. The van der Waals surface area contributed by atoms with E-state index < -0.39 is 12.1 Å². The van der Waals surface area contributed by atoms with Gasteiger partial charge in [-0.05, 0) is 43.9 Å². The number of carbonyl (C=O) groups excluding carboxylic acids is 1. The van der Waals surface area contributed by atoms with Crippen LogP contribution in [-0.4, -0.2) is 17.1 Å². The summed E-state index contributed by atoms with van der Waals surface area (Å²) in [5.74, 6) is -0.377. The first-order valence-corrected chi connectivity index (χ1v) is 6.97. The van der Waals surface area contributed by atoms with Gasteiger partial charge in [0.25, 0.3) is 0 Å². The number of nitrogens with one attached hydrogen (secondary N) is 1. The summed E-state index contributed by atoms with van der Waals surface area (Å²) in [6.07, 6.45) is 5.80. The Morgan fingerprint density at radius 1 is 1.35 bits per heavy atom. The minimum absolute atomic E-state index is 0.0112. The first-order valence-electron chi connectivity index (χ1n) is 6.97. The summed E-state index contributed by atoms with van der Waals surface area (Å²) in [5, 5.41) is 13.0. The SMILES string of the molecule is CC(NC(=O)C1CC=CCC1)C(O)c1ccc(F)cc1. The molecular formula is C16H20FNO2. The van der Waals surface area contributed by atoms with Crippen LogP contribution in [0.15, 0.2) is 36.4 Å². The molecule has 4 heteroatoms. The van der Waals surface area contributed by atoms with Crippen LogP contribution < -0.4 is 5.32 Å². The van der Waals surface area contributed by atoms with Crippen LogP contribution >= 0.6 is 0 Å². The molecule has 0 aromatic heterocycles. The molecule has 0 radical (unpaired) electrons. The summed E-state index contributed by atoms with van der Waals surface area (Å²) in [6.45, 7) is 1.75.